The zero-order valence-corrected chi connectivity index (χ0v) is 20.2. The topological polar surface area (TPSA) is 90.8 Å². The number of aliphatic hydroxyl groups is 1. The molecule has 2 N–H and O–H groups in total. The fourth-order valence-corrected chi connectivity index (χ4v) is 5.46. The Balaban J connectivity index is 1.28. The molecule has 1 aromatic heterocycles. The Morgan fingerprint density at radius 2 is 2.00 bits per heavy atom. The van der Waals surface area contributed by atoms with Gasteiger partial charge in [0, 0.05) is 56.0 Å². The second kappa shape index (κ2) is 10.2. The molecule has 2 aromatic rings. The van der Waals surface area contributed by atoms with Crippen LogP contribution in [0.1, 0.15) is 54.5 Å². The van der Waals surface area contributed by atoms with Gasteiger partial charge in [-0.2, -0.15) is 0 Å². The van der Waals surface area contributed by atoms with Crippen molar-refractivity contribution in [1.29, 1.82) is 0 Å². The number of amides is 1. The molecule has 8 nitrogen and oxygen atoms in total. The smallest absolute Gasteiger partial charge is 0.231 e. The first-order valence-corrected chi connectivity index (χ1v) is 12.5. The summed E-state index contributed by atoms with van der Waals surface area (Å²) in [6, 6.07) is 7.88. The number of carbonyl (C=O) groups excluding carboxylic acids is 1. The lowest BCUT2D eigenvalue weighted by Crippen LogP contribution is -2.51. The standard InChI is InChI=1S/C25H32ClN5O3/c1-16-12-21(32)23-22(16)24(29-15-28-23)30-7-9-31(10-8-30)25(33)20(13-27-19-6-11-34-14-19)17-2-4-18(26)5-3-17/h2-5,15-16,19-21,27,32H,6-14H2,1H3/t16-,19-,20-,21+/m1/s1. The number of nitrogens with zero attached hydrogens (tertiary/aromatic N) is 4. The summed E-state index contributed by atoms with van der Waals surface area (Å²) in [6.07, 6.45) is 2.67. The third-order valence-electron chi connectivity index (χ3n) is 7.28. The van der Waals surface area contributed by atoms with Gasteiger partial charge in [-0.25, -0.2) is 9.97 Å². The van der Waals surface area contributed by atoms with E-state index in [2.05, 4.69) is 27.1 Å². The van der Waals surface area contributed by atoms with E-state index in [1.165, 1.54) is 0 Å². The lowest BCUT2D eigenvalue weighted by Gasteiger charge is -2.38. The Bertz CT molecular complexity index is 1010. The van der Waals surface area contributed by atoms with Crippen LogP contribution in [0.3, 0.4) is 0 Å². The van der Waals surface area contributed by atoms with Crippen molar-refractivity contribution in [2.75, 3.05) is 50.8 Å². The van der Waals surface area contributed by atoms with Crippen LogP contribution in [0.15, 0.2) is 30.6 Å². The van der Waals surface area contributed by atoms with Crippen LogP contribution in [0.4, 0.5) is 5.82 Å². The maximum atomic E-state index is 13.7. The van der Waals surface area contributed by atoms with Gasteiger partial charge in [0.1, 0.15) is 12.1 Å². The molecule has 2 aliphatic heterocycles. The first kappa shape index (κ1) is 23.5. The minimum absolute atomic E-state index is 0.130. The van der Waals surface area contributed by atoms with E-state index in [0.29, 0.717) is 50.8 Å². The monoisotopic (exact) mass is 485 g/mol. The Morgan fingerprint density at radius 1 is 1.24 bits per heavy atom. The van der Waals surface area contributed by atoms with Crippen molar-refractivity contribution in [3.63, 3.8) is 0 Å². The number of benzene rings is 1. The Labute approximate surface area is 205 Å². The highest BCUT2D eigenvalue weighted by molar-refractivity contribution is 6.30. The quantitative estimate of drug-likeness (QED) is 0.649. The molecule has 3 heterocycles. The van der Waals surface area contributed by atoms with Gasteiger partial charge in [-0.3, -0.25) is 4.79 Å². The fraction of sp³-hybridized carbons (Fsp3) is 0.560. The van der Waals surface area contributed by atoms with E-state index in [9.17, 15) is 9.90 Å². The predicted octanol–water partition coefficient (Wildman–Crippen LogP) is 2.48. The van der Waals surface area contributed by atoms with Crippen LogP contribution in [0.25, 0.3) is 0 Å². The molecule has 1 aliphatic carbocycles. The second-order valence-electron chi connectivity index (χ2n) is 9.53. The minimum Gasteiger partial charge on any atom is -0.387 e. The van der Waals surface area contributed by atoms with Crippen LogP contribution >= 0.6 is 11.6 Å². The third kappa shape index (κ3) is 4.77. The fourth-order valence-electron chi connectivity index (χ4n) is 5.34. The summed E-state index contributed by atoms with van der Waals surface area (Å²) in [4.78, 5) is 26.7. The Kier molecular flexibility index (Phi) is 7.01. The van der Waals surface area contributed by atoms with Gasteiger partial charge >= 0.3 is 0 Å². The summed E-state index contributed by atoms with van der Waals surface area (Å²) in [7, 11) is 0. The molecule has 0 bridgehead atoms. The van der Waals surface area contributed by atoms with E-state index < -0.39 is 6.10 Å². The molecule has 3 aliphatic rings. The number of piperazine rings is 1. The van der Waals surface area contributed by atoms with Gasteiger partial charge in [0.25, 0.3) is 0 Å². The van der Waals surface area contributed by atoms with E-state index in [0.717, 1.165) is 35.7 Å². The zero-order valence-electron chi connectivity index (χ0n) is 19.5. The van der Waals surface area contributed by atoms with E-state index in [-0.39, 0.29) is 23.8 Å². The number of ether oxygens (including phenoxy) is 1. The van der Waals surface area contributed by atoms with Crippen molar-refractivity contribution >= 4 is 23.3 Å². The zero-order chi connectivity index (χ0) is 23.7. The van der Waals surface area contributed by atoms with Gasteiger partial charge in [-0.05, 0) is 36.5 Å². The van der Waals surface area contributed by atoms with E-state index in [1.807, 2.05) is 29.2 Å². The van der Waals surface area contributed by atoms with Crippen LogP contribution in [-0.2, 0) is 9.53 Å². The van der Waals surface area contributed by atoms with Crippen LogP contribution in [0.5, 0.6) is 0 Å². The highest BCUT2D eigenvalue weighted by atomic mass is 35.5. The van der Waals surface area contributed by atoms with Gasteiger partial charge in [-0.1, -0.05) is 30.7 Å². The van der Waals surface area contributed by atoms with Gasteiger partial charge in [-0.15, -0.1) is 0 Å². The molecule has 2 fully saturated rings. The molecule has 4 atom stereocenters. The molecule has 1 aromatic carbocycles. The number of halogens is 1. The molecule has 1 amide bonds. The number of aromatic nitrogens is 2. The normalized spacial score (nSPS) is 25.4. The summed E-state index contributed by atoms with van der Waals surface area (Å²) in [5, 5.41) is 14.5. The van der Waals surface area contributed by atoms with Gasteiger partial charge < -0.3 is 25.0 Å². The average Bonchev–Trinajstić information content (AvgIpc) is 3.48. The van der Waals surface area contributed by atoms with Crippen molar-refractivity contribution in [3.05, 3.63) is 52.4 Å². The number of aliphatic hydroxyl groups excluding tert-OH is 1. The molecule has 0 saturated carbocycles. The molecule has 0 spiro atoms. The largest absolute Gasteiger partial charge is 0.387 e. The maximum absolute atomic E-state index is 13.7. The summed E-state index contributed by atoms with van der Waals surface area (Å²) in [6.45, 7) is 6.81. The highest BCUT2D eigenvalue weighted by Crippen LogP contribution is 2.42. The predicted molar refractivity (Wildman–Crippen MR) is 130 cm³/mol. The first-order chi connectivity index (χ1) is 16.5. The van der Waals surface area contributed by atoms with E-state index in [1.54, 1.807) is 6.33 Å². The first-order valence-electron chi connectivity index (χ1n) is 12.1. The van der Waals surface area contributed by atoms with Crippen molar-refractivity contribution in [3.8, 4) is 0 Å². The average molecular weight is 486 g/mol. The van der Waals surface area contributed by atoms with Crippen molar-refractivity contribution in [2.45, 2.75) is 43.7 Å². The van der Waals surface area contributed by atoms with E-state index in [4.69, 9.17) is 16.3 Å². The number of nitrogens with one attached hydrogen (secondary N) is 1. The summed E-state index contributed by atoms with van der Waals surface area (Å²) in [5.74, 6) is 0.979. The van der Waals surface area contributed by atoms with Crippen LogP contribution < -0.4 is 10.2 Å². The number of fused-ring (bicyclic) bond motifs is 1. The van der Waals surface area contributed by atoms with Gasteiger partial charge in [0.2, 0.25) is 5.91 Å². The molecule has 2 saturated heterocycles. The number of hydrogen-bond acceptors (Lipinski definition) is 7. The molecular weight excluding hydrogens is 454 g/mol. The minimum atomic E-state index is -0.521. The van der Waals surface area contributed by atoms with Crippen molar-refractivity contribution < 1.29 is 14.6 Å². The lowest BCUT2D eigenvalue weighted by molar-refractivity contribution is -0.133. The van der Waals surface area contributed by atoms with Crippen molar-refractivity contribution in [2.24, 2.45) is 0 Å². The molecule has 9 heteroatoms. The van der Waals surface area contributed by atoms with Gasteiger partial charge in [0.15, 0.2) is 0 Å². The Hall–Kier alpha value is -2.26. The lowest BCUT2D eigenvalue weighted by atomic mass is 9.96. The molecule has 0 radical (unpaired) electrons. The molecule has 34 heavy (non-hydrogen) atoms. The van der Waals surface area contributed by atoms with Gasteiger partial charge in [0.05, 0.1) is 24.3 Å². The SMILES string of the molecule is C[C@@H]1C[C@H](O)c2ncnc(N3CCN(C(=O)[C@H](CN[C@@H]4CCOC4)c4ccc(Cl)cc4)CC3)c21. The Morgan fingerprint density at radius 3 is 2.71 bits per heavy atom. The maximum Gasteiger partial charge on any atom is 0.231 e. The highest BCUT2D eigenvalue weighted by Gasteiger charge is 2.35. The van der Waals surface area contributed by atoms with Crippen molar-refractivity contribution in [1.82, 2.24) is 20.2 Å². The second-order valence-corrected chi connectivity index (χ2v) is 9.97. The molecular formula is C25H32ClN5O3. The van der Waals surface area contributed by atoms with Crippen LogP contribution in [0, 0.1) is 0 Å². The summed E-state index contributed by atoms with van der Waals surface area (Å²) >= 11 is 6.10. The third-order valence-corrected chi connectivity index (χ3v) is 7.53. The number of carbonyl (C=O) groups is 1. The summed E-state index contributed by atoms with van der Waals surface area (Å²) < 4.78 is 5.48. The summed E-state index contributed by atoms with van der Waals surface area (Å²) in [5.41, 5.74) is 2.78. The molecule has 182 valence electrons. The molecule has 0 unspecified atom stereocenters. The molecule has 5 rings (SSSR count). The van der Waals surface area contributed by atoms with Crippen LogP contribution in [0.2, 0.25) is 5.02 Å². The van der Waals surface area contributed by atoms with Crippen LogP contribution in [-0.4, -0.2) is 77.9 Å². The van der Waals surface area contributed by atoms with E-state index >= 15 is 0 Å². The number of hydrogen-bond donors (Lipinski definition) is 2. The number of rotatable bonds is 6. The number of anilines is 1.